The van der Waals surface area contributed by atoms with E-state index in [4.69, 9.17) is 39.5 Å². The number of rotatable bonds is 6. The Morgan fingerprint density at radius 1 is 0.568 bits per heavy atom. The Morgan fingerprint density at radius 2 is 0.938 bits per heavy atom. The molecule has 0 aromatic carbocycles. The number of alkyl halides is 9. The monoisotopic (exact) mass is 1260 g/mol. The van der Waals surface area contributed by atoms with E-state index in [2.05, 4.69) is 35.2 Å². The fourth-order valence-corrected chi connectivity index (χ4v) is 15.0. The molecule has 0 bridgehead atoms. The largest absolute Gasteiger partial charge is 0.444 e. The molecule has 6 aromatic rings. The number of hydrogen-bond acceptors (Lipinski definition) is 17. The van der Waals surface area contributed by atoms with Gasteiger partial charge in [-0.15, -0.1) is 34.0 Å². The number of anilines is 3. The zero-order valence-corrected chi connectivity index (χ0v) is 48.5. The van der Waals surface area contributed by atoms with Crippen molar-refractivity contribution in [2.75, 3.05) is 61.4 Å². The Morgan fingerprint density at radius 3 is 1.32 bits per heavy atom. The van der Waals surface area contributed by atoms with Gasteiger partial charge in [0, 0.05) is 121 Å². The Kier molecular flexibility index (Phi) is 16.9. The van der Waals surface area contributed by atoms with Crippen LogP contribution in [0.4, 0.5) is 61.9 Å². The van der Waals surface area contributed by atoms with Crippen LogP contribution in [-0.4, -0.2) is 129 Å². The molecule has 6 fully saturated rings. The highest BCUT2D eigenvalue weighted by molar-refractivity contribution is 7.19. The van der Waals surface area contributed by atoms with Gasteiger partial charge in [-0.3, -0.25) is 14.4 Å². The molecule has 3 spiro atoms. The van der Waals surface area contributed by atoms with Crippen molar-refractivity contribution in [3.05, 3.63) is 48.6 Å². The SMILES string of the molecule is CC(C)(C)OC(=O)N1CC2(CCC(=O)C2)C1.CNc1nc(N2CC3(CCC(=O)C3)C2)c2cc(CC(F)(F)F)sc2n1.FC(F)(F)Cc1cc2c(Cl)nc(Cl)nc2s1.O=C1CCC2(C1)CN(c1nc(Cl)nc3sc(CC(F)(F)F)cc13)C2. The van der Waals surface area contributed by atoms with Crippen molar-refractivity contribution in [3.63, 3.8) is 0 Å². The Labute approximate surface area is 484 Å². The number of aromatic nitrogens is 6. The molecule has 6 aromatic heterocycles. The molecule has 1 N–H and O–H groups in total. The first-order chi connectivity index (χ1) is 37.6. The smallest absolute Gasteiger partial charge is 0.410 e. The lowest BCUT2D eigenvalue weighted by Gasteiger charge is -2.48. The number of halogens is 12. The summed E-state index contributed by atoms with van der Waals surface area (Å²) in [6, 6.07) is 4.39. The van der Waals surface area contributed by atoms with Crippen LogP contribution in [0.1, 0.15) is 93.2 Å². The number of carbonyl (C=O) groups is 4. The molecule has 15 nitrogen and oxygen atoms in total. The summed E-state index contributed by atoms with van der Waals surface area (Å²) < 4.78 is 118. The van der Waals surface area contributed by atoms with E-state index in [1.165, 1.54) is 12.1 Å². The van der Waals surface area contributed by atoms with Gasteiger partial charge >= 0.3 is 24.6 Å². The van der Waals surface area contributed by atoms with Crippen LogP contribution in [0.25, 0.3) is 30.6 Å². The van der Waals surface area contributed by atoms with Crippen molar-refractivity contribution in [1.82, 2.24) is 34.8 Å². The second kappa shape index (κ2) is 22.6. The van der Waals surface area contributed by atoms with Gasteiger partial charge in [0.2, 0.25) is 16.5 Å². The quantitative estimate of drug-likeness (QED) is 0.0946. The van der Waals surface area contributed by atoms with Crippen LogP contribution in [0, 0.1) is 16.2 Å². The van der Waals surface area contributed by atoms with Crippen LogP contribution in [0.5, 0.6) is 0 Å². The molecular weight excluding hydrogens is 1210 g/mol. The molecule has 81 heavy (non-hydrogen) atoms. The van der Waals surface area contributed by atoms with E-state index in [9.17, 15) is 58.7 Å². The number of hydrogen-bond donors (Lipinski definition) is 1. The molecule has 0 radical (unpaired) electrons. The summed E-state index contributed by atoms with van der Waals surface area (Å²) in [5, 5.41) is 4.55. The highest BCUT2D eigenvalue weighted by Gasteiger charge is 2.52. The fraction of sp³-hybridized carbons (Fsp3) is 0.569. The summed E-state index contributed by atoms with van der Waals surface area (Å²) in [5.74, 6) is 2.54. The lowest BCUT2D eigenvalue weighted by Crippen LogP contribution is -2.58. The van der Waals surface area contributed by atoms with Crippen LogP contribution in [0.15, 0.2) is 18.2 Å². The third-order valence-electron chi connectivity index (χ3n) is 14.5. The summed E-state index contributed by atoms with van der Waals surface area (Å²) in [5.41, 5.74) is -0.316. The zero-order valence-electron chi connectivity index (χ0n) is 43.8. The number of carbonyl (C=O) groups excluding carboxylic acids is 4. The minimum atomic E-state index is -4.26. The third kappa shape index (κ3) is 14.9. The van der Waals surface area contributed by atoms with Gasteiger partial charge < -0.3 is 24.8 Å². The summed E-state index contributed by atoms with van der Waals surface area (Å²) >= 11 is 20.2. The predicted octanol–water partition coefficient (Wildman–Crippen LogP) is 13.5. The van der Waals surface area contributed by atoms with Crippen LogP contribution >= 0.6 is 68.8 Å². The molecular formula is C51H52Cl3F9N10O5S3. The van der Waals surface area contributed by atoms with Crippen LogP contribution in [0.3, 0.4) is 0 Å². The Balaban J connectivity index is 0.000000133. The first kappa shape index (κ1) is 60.6. The van der Waals surface area contributed by atoms with E-state index in [1.54, 1.807) is 18.0 Å². The zero-order chi connectivity index (χ0) is 58.8. The summed E-state index contributed by atoms with van der Waals surface area (Å²) in [6.07, 6.45) is -9.51. The van der Waals surface area contributed by atoms with E-state index in [0.717, 1.165) is 66.4 Å². The average Bonchev–Trinajstić information content (AvgIpc) is 4.17. The maximum absolute atomic E-state index is 12.7. The van der Waals surface area contributed by atoms with E-state index in [0.29, 0.717) is 125 Å². The number of nitrogens with zero attached hydrogens (tertiary/aromatic N) is 9. The summed E-state index contributed by atoms with van der Waals surface area (Å²) in [6.45, 7) is 9.77. The van der Waals surface area contributed by atoms with Crippen molar-refractivity contribution in [2.45, 2.75) is 122 Å². The second-order valence-electron chi connectivity index (χ2n) is 22.6. The lowest BCUT2D eigenvalue weighted by atomic mass is 9.78. The fourth-order valence-electron chi connectivity index (χ4n) is 11.1. The standard InChI is InChI=1S/C16H17F3N4OS.C15H13ClF3N3OS.C12H19NO3.C8H3Cl2F3N2S/c1-20-14-21-12(23-7-15(8-23)3-2-9(24)5-15)11-4-10(6-16(17,18)19)25-13(11)22-14;16-13-20-11(22-6-14(7-22)2-1-8(23)4-14)10-3-9(5-15(17,18)19)24-12(10)21-13;1-11(2,3)16-10(15)13-7-12(8-13)5-4-9(14)6-12;9-5-4-1-3(2-8(11,12)13)16-6(4)15-7(10)14-5/h4H,2-3,5-8H2,1H3,(H,20,21,22);3H,1-2,4-7H2;4-8H2,1-3H3;1H,2H2. The van der Waals surface area contributed by atoms with Crippen molar-refractivity contribution < 1.29 is 63.4 Å². The maximum atomic E-state index is 12.7. The minimum absolute atomic E-state index is 0.00561. The normalized spacial score (nSPS) is 19.1. The highest BCUT2D eigenvalue weighted by Crippen LogP contribution is 2.50. The van der Waals surface area contributed by atoms with E-state index in [1.807, 2.05) is 30.6 Å². The lowest BCUT2D eigenvalue weighted by molar-refractivity contribution is -0.127. The van der Waals surface area contributed by atoms with Crippen molar-refractivity contribution in [2.24, 2.45) is 16.2 Å². The van der Waals surface area contributed by atoms with E-state index >= 15 is 0 Å². The van der Waals surface area contributed by atoms with Crippen LogP contribution in [-0.2, 0) is 38.4 Å². The number of fused-ring (bicyclic) bond motifs is 3. The molecule has 12 rings (SSSR count). The third-order valence-corrected chi connectivity index (χ3v) is 18.2. The van der Waals surface area contributed by atoms with Gasteiger partial charge in [0.15, 0.2) is 0 Å². The first-order valence-electron chi connectivity index (χ1n) is 25.4. The number of Topliss-reactive ketones (excluding diaryl/α,β-unsaturated/α-hetero) is 3. The summed E-state index contributed by atoms with van der Waals surface area (Å²) in [4.78, 5) is 78.2. The van der Waals surface area contributed by atoms with Gasteiger partial charge in [-0.05, 0) is 81.4 Å². The number of ketones is 3. The molecule has 3 saturated heterocycles. The molecule has 0 atom stereocenters. The molecule has 3 aliphatic heterocycles. The van der Waals surface area contributed by atoms with Gasteiger partial charge in [0.25, 0.3) is 0 Å². The van der Waals surface area contributed by atoms with E-state index < -0.39 is 43.4 Å². The van der Waals surface area contributed by atoms with E-state index in [-0.39, 0.29) is 58.5 Å². The topological polar surface area (TPSA) is 177 Å². The molecule has 3 saturated carbocycles. The Hall–Kier alpha value is -4.96. The number of thiophene rings is 3. The number of nitrogens with one attached hydrogen (secondary N) is 1. The Bertz CT molecular complexity index is 3400. The molecule has 3 aliphatic carbocycles. The number of amides is 1. The predicted molar refractivity (Wildman–Crippen MR) is 292 cm³/mol. The molecule has 30 heteroatoms. The number of likely N-dealkylation sites (tertiary alicyclic amines) is 1. The average molecular weight is 1260 g/mol. The van der Waals surface area contributed by atoms with Crippen molar-refractivity contribution >= 4 is 140 Å². The summed E-state index contributed by atoms with van der Waals surface area (Å²) in [7, 11) is 1.68. The van der Waals surface area contributed by atoms with Gasteiger partial charge in [0.05, 0.1) is 30.0 Å². The highest BCUT2D eigenvalue weighted by atomic mass is 35.5. The molecule has 438 valence electrons. The van der Waals surface area contributed by atoms with Gasteiger partial charge in [0.1, 0.15) is 54.2 Å². The van der Waals surface area contributed by atoms with Gasteiger partial charge in [-0.1, -0.05) is 11.6 Å². The van der Waals surface area contributed by atoms with Crippen molar-refractivity contribution in [3.8, 4) is 0 Å². The van der Waals surface area contributed by atoms with Gasteiger partial charge in [-0.2, -0.15) is 49.5 Å². The maximum Gasteiger partial charge on any atom is 0.410 e. The first-order valence-corrected chi connectivity index (χ1v) is 29.0. The minimum Gasteiger partial charge on any atom is -0.444 e. The second-order valence-corrected chi connectivity index (χ2v) is 27.0. The molecule has 1 amide bonds. The van der Waals surface area contributed by atoms with Crippen molar-refractivity contribution in [1.29, 1.82) is 0 Å². The van der Waals surface area contributed by atoms with Crippen LogP contribution < -0.4 is 15.1 Å². The van der Waals surface area contributed by atoms with Crippen LogP contribution in [0.2, 0.25) is 15.7 Å². The number of ether oxygens (including phenoxy) is 1. The van der Waals surface area contributed by atoms with Gasteiger partial charge in [-0.25, -0.2) is 24.7 Å². The molecule has 0 unspecified atom stereocenters. The molecule has 6 aliphatic rings. The molecule has 9 heterocycles.